The maximum atomic E-state index is 10.8. The summed E-state index contributed by atoms with van der Waals surface area (Å²) in [6.07, 6.45) is -3.45. The lowest BCUT2D eigenvalue weighted by atomic mass is 9.91. The minimum absolute atomic E-state index is 0.226. The van der Waals surface area contributed by atoms with Gasteiger partial charge in [-0.25, -0.2) is 0 Å². The second-order valence-corrected chi connectivity index (χ2v) is 9.43. The molecular formula is C22H25ClO6S. The molecule has 4 N–H and O–H groups in total. The third kappa shape index (κ3) is 3.73. The van der Waals surface area contributed by atoms with Crippen molar-refractivity contribution < 1.29 is 29.9 Å². The van der Waals surface area contributed by atoms with Gasteiger partial charge in [0, 0.05) is 10.6 Å². The SMILES string of the molecule is CCOc1ccc(Cc2cc3c(cc2Cl)CO[C@]32S[C@H](CO)[C@@H](O)[C@H](O)[C@H]2O)cc1. The van der Waals surface area contributed by atoms with Crippen LogP contribution in [0.5, 0.6) is 5.75 Å². The first-order chi connectivity index (χ1) is 14.4. The molecule has 0 amide bonds. The zero-order valence-electron chi connectivity index (χ0n) is 16.5. The molecule has 6 nitrogen and oxygen atoms in total. The Bertz CT molecular complexity index is 905. The molecule has 0 unspecified atom stereocenters. The predicted octanol–water partition coefficient (Wildman–Crippen LogP) is 2.20. The van der Waals surface area contributed by atoms with Crippen molar-refractivity contribution in [3.63, 3.8) is 0 Å². The van der Waals surface area contributed by atoms with E-state index < -0.39 is 28.5 Å². The van der Waals surface area contributed by atoms with Gasteiger partial charge in [-0.1, -0.05) is 23.7 Å². The lowest BCUT2D eigenvalue weighted by Crippen LogP contribution is -2.58. The number of aliphatic hydroxyl groups excluding tert-OH is 4. The van der Waals surface area contributed by atoms with E-state index in [9.17, 15) is 20.4 Å². The first kappa shape index (κ1) is 21.9. The normalized spacial score (nSPS) is 30.5. The van der Waals surface area contributed by atoms with Crippen molar-refractivity contribution in [2.24, 2.45) is 0 Å². The van der Waals surface area contributed by atoms with Crippen LogP contribution in [0.2, 0.25) is 5.02 Å². The Labute approximate surface area is 184 Å². The number of ether oxygens (including phenoxy) is 2. The van der Waals surface area contributed by atoms with Crippen LogP contribution in [0, 0.1) is 0 Å². The van der Waals surface area contributed by atoms with Crippen molar-refractivity contribution in [2.45, 2.75) is 48.4 Å². The van der Waals surface area contributed by atoms with E-state index in [1.165, 1.54) is 0 Å². The molecule has 1 fully saturated rings. The van der Waals surface area contributed by atoms with Crippen LogP contribution in [0.1, 0.15) is 29.2 Å². The maximum absolute atomic E-state index is 10.8. The summed E-state index contributed by atoms with van der Waals surface area (Å²) < 4.78 is 11.5. The van der Waals surface area contributed by atoms with Crippen molar-refractivity contribution in [3.8, 4) is 5.75 Å². The molecule has 4 rings (SSSR count). The first-order valence-electron chi connectivity index (χ1n) is 9.90. The molecule has 162 valence electrons. The zero-order chi connectivity index (χ0) is 21.5. The third-order valence-electron chi connectivity index (χ3n) is 5.67. The summed E-state index contributed by atoms with van der Waals surface area (Å²) in [6.45, 7) is 2.42. The number of halogens is 1. The minimum atomic E-state index is -1.43. The van der Waals surface area contributed by atoms with Gasteiger partial charge in [-0.05, 0) is 54.3 Å². The van der Waals surface area contributed by atoms with E-state index in [2.05, 4.69) is 0 Å². The number of hydrogen-bond donors (Lipinski definition) is 4. The Morgan fingerprint density at radius 1 is 1.17 bits per heavy atom. The smallest absolute Gasteiger partial charge is 0.168 e. The molecule has 30 heavy (non-hydrogen) atoms. The Morgan fingerprint density at radius 2 is 1.90 bits per heavy atom. The molecule has 0 bridgehead atoms. The molecule has 2 aliphatic rings. The molecule has 0 aromatic heterocycles. The summed E-state index contributed by atoms with van der Waals surface area (Å²) in [5.74, 6) is 0.804. The average molecular weight is 453 g/mol. The standard InChI is InChI=1S/C22H25ClO6S/c1-2-28-15-5-3-12(4-6-15)7-13-8-16-14(9-17(13)23)11-29-22(16)21(27)20(26)19(25)18(10-24)30-22/h3-6,8-9,18-21,24-27H,2,7,10-11H2,1H3/t18-,19-,20+,21-,22+/m1/s1. The van der Waals surface area contributed by atoms with Gasteiger partial charge in [-0.2, -0.15) is 0 Å². The van der Waals surface area contributed by atoms with E-state index in [0.717, 1.165) is 39.8 Å². The second-order valence-electron chi connectivity index (χ2n) is 7.58. The van der Waals surface area contributed by atoms with Crippen LogP contribution in [0.4, 0.5) is 0 Å². The Balaban J connectivity index is 1.67. The summed E-state index contributed by atoms with van der Waals surface area (Å²) in [7, 11) is 0. The van der Waals surface area contributed by atoms with Crippen LogP contribution < -0.4 is 4.74 Å². The Kier molecular flexibility index (Phi) is 6.33. The van der Waals surface area contributed by atoms with Gasteiger partial charge in [-0.15, -0.1) is 11.8 Å². The minimum Gasteiger partial charge on any atom is -0.494 e. The third-order valence-corrected chi connectivity index (χ3v) is 7.68. The van der Waals surface area contributed by atoms with E-state index >= 15 is 0 Å². The van der Waals surface area contributed by atoms with E-state index in [1.807, 2.05) is 43.3 Å². The van der Waals surface area contributed by atoms with Gasteiger partial charge in [0.15, 0.2) is 4.93 Å². The van der Waals surface area contributed by atoms with Gasteiger partial charge in [0.25, 0.3) is 0 Å². The molecule has 0 radical (unpaired) electrons. The van der Waals surface area contributed by atoms with Gasteiger partial charge >= 0.3 is 0 Å². The van der Waals surface area contributed by atoms with Gasteiger partial charge in [0.2, 0.25) is 0 Å². The number of aliphatic hydroxyl groups is 4. The van der Waals surface area contributed by atoms with Gasteiger partial charge in [0.1, 0.15) is 18.0 Å². The van der Waals surface area contributed by atoms with Crippen LogP contribution in [0.15, 0.2) is 36.4 Å². The van der Waals surface area contributed by atoms with E-state index in [-0.39, 0.29) is 13.2 Å². The van der Waals surface area contributed by atoms with E-state index in [1.54, 1.807) is 0 Å². The van der Waals surface area contributed by atoms with E-state index in [4.69, 9.17) is 21.1 Å². The molecule has 0 aliphatic carbocycles. The molecule has 5 atom stereocenters. The highest BCUT2D eigenvalue weighted by Gasteiger charge is 2.57. The van der Waals surface area contributed by atoms with Crippen LogP contribution >= 0.6 is 23.4 Å². The fourth-order valence-electron chi connectivity index (χ4n) is 4.07. The van der Waals surface area contributed by atoms with Crippen molar-refractivity contribution in [1.29, 1.82) is 0 Å². The molecule has 1 saturated heterocycles. The highest BCUT2D eigenvalue weighted by molar-refractivity contribution is 8.00. The average Bonchev–Trinajstić information content (AvgIpc) is 3.09. The number of hydrogen-bond acceptors (Lipinski definition) is 7. The van der Waals surface area contributed by atoms with Crippen molar-refractivity contribution >= 4 is 23.4 Å². The van der Waals surface area contributed by atoms with Crippen LogP contribution in [-0.4, -0.2) is 57.2 Å². The van der Waals surface area contributed by atoms with Crippen molar-refractivity contribution in [3.05, 3.63) is 63.7 Å². The molecule has 2 aromatic rings. The molecule has 0 saturated carbocycles. The molecular weight excluding hydrogens is 428 g/mol. The highest BCUT2D eigenvalue weighted by atomic mass is 35.5. The molecule has 2 aromatic carbocycles. The fraction of sp³-hybridized carbons (Fsp3) is 0.455. The summed E-state index contributed by atoms with van der Waals surface area (Å²) in [5, 5.41) is 40.9. The number of fused-ring (bicyclic) bond motifs is 2. The van der Waals surface area contributed by atoms with E-state index in [0.29, 0.717) is 18.1 Å². The topological polar surface area (TPSA) is 99.4 Å². The van der Waals surface area contributed by atoms with Crippen LogP contribution in [0.25, 0.3) is 0 Å². The first-order valence-corrected chi connectivity index (χ1v) is 11.2. The summed E-state index contributed by atoms with van der Waals surface area (Å²) in [4.78, 5) is -1.26. The Morgan fingerprint density at radius 3 is 2.57 bits per heavy atom. The highest BCUT2D eigenvalue weighted by Crippen LogP contribution is 2.54. The lowest BCUT2D eigenvalue weighted by Gasteiger charge is -2.45. The summed E-state index contributed by atoms with van der Waals surface area (Å²) in [6, 6.07) is 11.5. The zero-order valence-corrected chi connectivity index (χ0v) is 18.1. The Hall–Kier alpha value is -1.32. The number of thioether (sulfide) groups is 1. The van der Waals surface area contributed by atoms with Crippen LogP contribution in [-0.2, 0) is 22.7 Å². The number of benzene rings is 2. The van der Waals surface area contributed by atoms with Crippen molar-refractivity contribution in [2.75, 3.05) is 13.2 Å². The maximum Gasteiger partial charge on any atom is 0.168 e. The molecule has 1 spiro atoms. The van der Waals surface area contributed by atoms with Gasteiger partial charge in [0.05, 0.1) is 31.2 Å². The molecule has 8 heteroatoms. The summed E-state index contributed by atoms with van der Waals surface area (Å²) in [5.41, 5.74) is 3.45. The lowest BCUT2D eigenvalue weighted by molar-refractivity contribution is -0.147. The van der Waals surface area contributed by atoms with Gasteiger partial charge in [-0.3, -0.25) is 0 Å². The monoisotopic (exact) mass is 452 g/mol. The second kappa shape index (κ2) is 8.67. The number of rotatable bonds is 5. The largest absolute Gasteiger partial charge is 0.494 e. The van der Waals surface area contributed by atoms with Crippen LogP contribution in [0.3, 0.4) is 0 Å². The van der Waals surface area contributed by atoms with Crippen molar-refractivity contribution in [1.82, 2.24) is 0 Å². The quantitative estimate of drug-likeness (QED) is 0.552. The summed E-state index contributed by atoms with van der Waals surface area (Å²) >= 11 is 7.67. The molecule has 2 heterocycles. The van der Waals surface area contributed by atoms with Gasteiger partial charge < -0.3 is 29.9 Å². The fourth-order valence-corrected chi connectivity index (χ4v) is 5.88. The predicted molar refractivity (Wildman–Crippen MR) is 115 cm³/mol. The molecule has 2 aliphatic heterocycles.